The minimum Gasteiger partial charge on any atom is -0.459 e. The smallest absolute Gasteiger partial charge is 0.340 e. The van der Waals surface area contributed by atoms with Crippen LogP contribution in [0, 0.1) is 0 Å². The van der Waals surface area contributed by atoms with Crippen LogP contribution in [0.5, 0.6) is 0 Å². The lowest BCUT2D eigenvalue weighted by Crippen LogP contribution is -2.43. The van der Waals surface area contributed by atoms with Gasteiger partial charge >= 0.3 is 5.97 Å². The number of benzene rings is 1. The van der Waals surface area contributed by atoms with E-state index in [4.69, 9.17) is 23.9 Å². The molecule has 2 aliphatic heterocycles. The molecule has 2 bridgehead atoms. The molecule has 0 amide bonds. The van der Waals surface area contributed by atoms with Gasteiger partial charge in [-0.1, -0.05) is 18.2 Å². The second kappa shape index (κ2) is 4.88. The first-order chi connectivity index (χ1) is 15.6. The second-order valence-electron chi connectivity index (χ2n) is 4.47. The van der Waals surface area contributed by atoms with Gasteiger partial charge in [-0.3, -0.25) is 0 Å². The summed E-state index contributed by atoms with van der Waals surface area (Å²) in [6.45, 7) is 0. The molecule has 1 unspecified atom stereocenters. The molecule has 4 rings (SSSR count). The molecule has 3 heterocycles. The number of nitrogens with zero attached hydrogens (tertiary/aromatic N) is 1. The monoisotopic (exact) mass is 298 g/mol. The Hall–Kier alpha value is -1.81. The molecule has 21 heavy (non-hydrogen) atoms. The van der Waals surface area contributed by atoms with Gasteiger partial charge in [0.15, 0.2) is 0 Å². The number of H-pyrrole nitrogens is 1. The third-order valence-electron chi connectivity index (χ3n) is 3.18. The number of piperidine rings is 1. The summed E-state index contributed by atoms with van der Waals surface area (Å²) in [5.41, 5.74) is -0.850. The number of hydrogen-bond donors (Lipinski definition) is 1. The molecule has 0 saturated carbocycles. The number of aromatic amines is 1. The van der Waals surface area contributed by atoms with Gasteiger partial charge in [0.1, 0.15) is 6.08 Å². The van der Waals surface area contributed by atoms with Gasteiger partial charge in [-0.05, 0) is 25.8 Å². The van der Waals surface area contributed by atoms with Crippen molar-refractivity contribution in [2.24, 2.45) is 0 Å². The van der Waals surface area contributed by atoms with Crippen LogP contribution >= 0.6 is 0 Å². The zero-order valence-electron chi connectivity index (χ0n) is 24.9. The normalized spacial score (nSPS) is 58.7. The zero-order valence-corrected chi connectivity index (χ0v) is 10.9. The fraction of sp³-hybridized carbons (Fsp3) is 0.471. The van der Waals surface area contributed by atoms with Crippen molar-refractivity contribution in [3.8, 4) is 0 Å². The first kappa shape index (κ1) is 4.85. The number of hydrogen-bond acceptors (Lipinski definition) is 3. The second-order valence-corrected chi connectivity index (χ2v) is 4.47. The lowest BCUT2D eigenvalue weighted by Gasteiger charge is -2.35. The Morgan fingerprint density at radius 1 is 1.43 bits per heavy atom. The average molecular weight is 298 g/mol. The maximum Gasteiger partial charge on any atom is 0.340 e. The van der Waals surface area contributed by atoms with Crippen molar-refractivity contribution in [3.63, 3.8) is 0 Å². The molecule has 0 radical (unpaired) electrons. The number of carbonyl (C=O) groups excluding carboxylic acids is 1. The molecule has 3 atom stereocenters. The van der Waals surface area contributed by atoms with Crippen molar-refractivity contribution >= 4 is 16.9 Å². The molecular weight excluding hydrogens is 264 g/mol. The lowest BCUT2D eigenvalue weighted by molar-refractivity contribution is -0.000258. The quantitative estimate of drug-likeness (QED) is 0.867. The Morgan fingerprint density at radius 3 is 2.90 bits per heavy atom. The molecule has 0 aliphatic carbocycles. The van der Waals surface area contributed by atoms with E-state index in [-0.39, 0.29) is 27.9 Å². The number of para-hydroxylation sites is 1. The van der Waals surface area contributed by atoms with E-state index < -0.39 is 61.3 Å². The van der Waals surface area contributed by atoms with Crippen LogP contribution < -0.4 is 0 Å². The highest BCUT2D eigenvalue weighted by atomic mass is 16.5. The number of nitrogens with one attached hydrogen (secondary N) is 1. The first-order valence-corrected chi connectivity index (χ1v) is 6.17. The number of rotatable bonds is 2. The number of carbonyl (C=O) groups is 1. The van der Waals surface area contributed by atoms with Gasteiger partial charge in [-0.25, -0.2) is 4.79 Å². The maximum atomic E-state index is 13.2. The van der Waals surface area contributed by atoms with Gasteiger partial charge in [-0.15, -0.1) is 0 Å². The van der Waals surface area contributed by atoms with Crippen molar-refractivity contribution < 1.29 is 28.7 Å². The molecule has 2 saturated heterocycles. The third kappa shape index (κ3) is 2.14. The molecule has 1 aromatic heterocycles. The Labute approximate surface area is 143 Å². The summed E-state index contributed by atoms with van der Waals surface area (Å²) in [6.07, 6.45) is -19.2. The van der Waals surface area contributed by atoms with E-state index in [0.29, 0.717) is 0 Å². The maximum absolute atomic E-state index is 13.2. The SMILES string of the molecule is [2H]c1[nH]c2c([2H])ccc([2H])c2c1C(=O)OC1([2H])C([2H])([2H])[C@]2([2H])N(C)[C@]([2H])(C1([2H])[2H])C([2H])([2H])C2([2H])[2H]. The number of ether oxygens (including phenoxy) is 1. The standard InChI is InChI=1S/C17H20N2O2/c1-19-11-6-7-12(19)9-13(8-11)21-17(20)15-10-18-16-5-3-2-4-14(15)16/h2-5,10-13,18H,6-9H2,1H3/t11-,12+,13?/i4D,5D,6D2,7D2,8D2,9D2,10D,11D,12D,13D. The van der Waals surface area contributed by atoms with Crippen molar-refractivity contribution in [2.45, 2.75) is 43.6 Å². The van der Waals surface area contributed by atoms with Gasteiger partial charge in [0.2, 0.25) is 0 Å². The molecule has 2 aliphatic rings. The predicted molar refractivity (Wildman–Crippen MR) is 81.3 cm³/mol. The van der Waals surface area contributed by atoms with E-state index in [1.165, 1.54) is 6.07 Å². The van der Waals surface area contributed by atoms with Crippen LogP contribution in [-0.2, 0) is 4.74 Å². The highest BCUT2D eigenvalue weighted by Crippen LogP contribution is 2.35. The van der Waals surface area contributed by atoms with E-state index in [0.717, 1.165) is 13.1 Å². The topological polar surface area (TPSA) is 45.3 Å². The Bertz CT molecular complexity index is 1240. The summed E-state index contributed by atoms with van der Waals surface area (Å²) >= 11 is 0. The summed E-state index contributed by atoms with van der Waals surface area (Å²) in [6, 6.07) is -5.00. The van der Waals surface area contributed by atoms with E-state index in [1.807, 2.05) is 0 Å². The van der Waals surface area contributed by atoms with Gasteiger partial charge in [0, 0.05) is 55.6 Å². The van der Waals surface area contributed by atoms with Crippen molar-refractivity contribution in [1.29, 1.82) is 0 Å². The van der Waals surface area contributed by atoms with Crippen LogP contribution in [0.4, 0.5) is 0 Å². The predicted octanol–water partition coefficient (Wildman–Crippen LogP) is 2.95. The fourth-order valence-corrected chi connectivity index (χ4v) is 2.10. The largest absolute Gasteiger partial charge is 0.459 e. The molecule has 2 fully saturated rings. The summed E-state index contributed by atoms with van der Waals surface area (Å²) in [7, 11) is 0.795. The molecule has 1 aromatic carbocycles. The van der Waals surface area contributed by atoms with Crippen LogP contribution in [-0.4, -0.2) is 41.0 Å². The molecule has 110 valence electrons. The number of fused-ring (bicyclic) bond motifs is 3. The highest BCUT2D eigenvalue weighted by Gasteiger charge is 2.40. The average Bonchev–Trinajstić information content (AvgIpc) is 3.13. The third-order valence-corrected chi connectivity index (χ3v) is 3.18. The minimum atomic E-state index is -3.86. The first-order valence-electron chi connectivity index (χ1n) is 13.2. The molecule has 4 nitrogen and oxygen atoms in total. The Kier molecular flexibility index (Phi) is 1.13. The summed E-state index contributed by atoms with van der Waals surface area (Å²) in [5, 5.41) is -0.292. The zero-order chi connectivity index (χ0) is 26.9. The van der Waals surface area contributed by atoms with E-state index in [1.54, 1.807) is 0 Å². The lowest BCUT2D eigenvalue weighted by atomic mass is 10.0. The summed E-state index contributed by atoms with van der Waals surface area (Å²) in [4.78, 5) is 15.9. The van der Waals surface area contributed by atoms with E-state index in [2.05, 4.69) is 4.98 Å². The summed E-state index contributed by atoms with van der Waals surface area (Å²) in [5.74, 6) is -1.69. The minimum absolute atomic E-state index is 0.121. The van der Waals surface area contributed by atoms with Crippen LogP contribution in [0.15, 0.2) is 30.4 Å². The van der Waals surface area contributed by atoms with E-state index >= 15 is 0 Å². The molecular formula is C17H20N2O2. The van der Waals surface area contributed by atoms with Crippen LogP contribution in [0.1, 0.15) is 55.0 Å². The van der Waals surface area contributed by atoms with E-state index in [9.17, 15) is 4.79 Å². The summed E-state index contributed by atoms with van der Waals surface area (Å²) < 4.78 is 122. The molecule has 4 heteroatoms. The number of esters is 1. The molecule has 0 spiro atoms. The van der Waals surface area contributed by atoms with Crippen molar-refractivity contribution in [1.82, 2.24) is 9.88 Å². The van der Waals surface area contributed by atoms with Crippen LogP contribution in [0.25, 0.3) is 10.9 Å². The van der Waals surface area contributed by atoms with Gasteiger partial charge in [0.05, 0.1) is 11.0 Å². The Morgan fingerprint density at radius 2 is 2.14 bits per heavy atom. The van der Waals surface area contributed by atoms with Crippen LogP contribution in [0.3, 0.4) is 0 Å². The van der Waals surface area contributed by atoms with Crippen molar-refractivity contribution in [3.05, 3.63) is 36.0 Å². The highest BCUT2D eigenvalue weighted by molar-refractivity contribution is 6.04. The van der Waals surface area contributed by atoms with Gasteiger partial charge in [0.25, 0.3) is 0 Å². The van der Waals surface area contributed by atoms with Gasteiger partial charge in [-0.2, -0.15) is 0 Å². The van der Waals surface area contributed by atoms with Gasteiger partial charge < -0.3 is 14.6 Å². The molecule has 2 aromatic rings. The molecule has 1 N–H and O–H groups in total. The fourth-order valence-electron chi connectivity index (χ4n) is 2.10. The van der Waals surface area contributed by atoms with Crippen molar-refractivity contribution in [2.75, 3.05) is 7.05 Å². The number of aromatic nitrogens is 1. The van der Waals surface area contributed by atoms with Crippen LogP contribution in [0.2, 0.25) is 0 Å². The Balaban J connectivity index is 1.97.